The molecule has 1 fully saturated rings. The second-order valence-corrected chi connectivity index (χ2v) is 6.48. The molecule has 128 valence electrons. The normalized spacial score (nSPS) is 17.9. The summed E-state index contributed by atoms with van der Waals surface area (Å²) in [5, 5.41) is 3.19. The average Bonchev–Trinajstić information content (AvgIpc) is 3.03. The van der Waals surface area contributed by atoms with E-state index in [0.717, 1.165) is 42.7 Å². The predicted octanol–water partition coefficient (Wildman–Crippen LogP) is 2.62. The SMILES string of the molecule is CNc1ncccc1CN1CCCC1c1cc(N(C)C)nc(C)n1. The van der Waals surface area contributed by atoms with Crippen molar-refractivity contribution < 1.29 is 0 Å². The van der Waals surface area contributed by atoms with Gasteiger partial charge in [0.2, 0.25) is 0 Å². The molecule has 2 aromatic rings. The Kier molecular flexibility index (Phi) is 4.94. The Morgan fingerprint density at radius 2 is 2.17 bits per heavy atom. The molecule has 0 saturated carbocycles. The lowest BCUT2D eigenvalue weighted by molar-refractivity contribution is 0.244. The number of hydrogen-bond donors (Lipinski definition) is 1. The van der Waals surface area contributed by atoms with Gasteiger partial charge in [-0.2, -0.15) is 0 Å². The van der Waals surface area contributed by atoms with E-state index < -0.39 is 0 Å². The molecule has 1 N–H and O–H groups in total. The van der Waals surface area contributed by atoms with E-state index in [-0.39, 0.29) is 0 Å². The molecule has 2 aromatic heterocycles. The Labute approximate surface area is 143 Å². The van der Waals surface area contributed by atoms with Crippen molar-refractivity contribution in [2.75, 3.05) is 37.9 Å². The van der Waals surface area contributed by atoms with Gasteiger partial charge in [0.05, 0.1) is 11.7 Å². The first kappa shape index (κ1) is 16.6. The van der Waals surface area contributed by atoms with Gasteiger partial charge < -0.3 is 10.2 Å². The Bertz CT molecular complexity index is 700. The highest BCUT2D eigenvalue weighted by atomic mass is 15.2. The average molecular weight is 326 g/mol. The van der Waals surface area contributed by atoms with Crippen LogP contribution >= 0.6 is 0 Å². The van der Waals surface area contributed by atoms with Crippen LogP contribution in [0.2, 0.25) is 0 Å². The maximum Gasteiger partial charge on any atom is 0.132 e. The summed E-state index contributed by atoms with van der Waals surface area (Å²) < 4.78 is 0. The first-order valence-corrected chi connectivity index (χ1v) is 8.47. The largest absolute Gasteiger partial charge is 0.373 e. The smallest absolute Gasteiger partial charge is 0.132 e. The predicted molar refractivity (Wildman–Crippen MR) is 97.3 cm³/mol. The van der Waals surface area contributed by atoms with Crippen LogP contribution in [-0.2, 0) is 6.54 Å². The summed E-state index contributed by atoms with van der Waals surface area (Å²) in [6.07, 6.45) is 4.16. The van der Waals surface area contributed by atoms with Crippen LogP contribution in [0, 0.1) is 6.92 Å². The summed E-state index contributed by atoms with van der Waals surface area (Å²) in [5.74, 6) is 2.76. The van der Waals surface area contributed by atoms with Gasteiger partial charge in [-0.1, -0.05) is 6.07 Å². The van der Waals surface area contributed by atoms with Gasteiger partial charge >= 0.3 is 0 Å². The van der Waals surface area contributed by atoms with E-state index in [0.29, 0.717) is 6.04 Å². The fourth-order valence-corrected chi connectivity index (χ4v) is 3.33. The number of nitrogens with one attached hydrogen (secondary N) is 1. The molecule has 1 aliphatic heterocycles. The Hall–Kier alpha value is -2.21. The molecule has 3 heterocycles. The van der Waals surface area contributed by atoms with E-state index in [1.807, 2.05) is 45.2 Å². The van der Waals surface area contributed by atoms with Crippen LogP contribution in [0.25, 0.3) is 0 Å². The molecule has 1 saturated heterocycles. The van der Waals surface area contributed by atoms with Crippen molar-refractivity contribution in [1.82, 2.24) is 19.9 Å². The van der Waals surface area contributed by atoms with Gasteiger partial charge in [-0.05, 0) is 32.4 Å². The van der Waals surface area contributed by atoms with E-state index in [4.69, 9.17) is 4.98 Å². The van der Waals surface area contributed by atoms with Crippen molar-refractivity contribution >= 4 is 11.6 Å². The molecule has 0 aromatic carbocycles. The highest BCUT2D eigenvalue weighted by Gasteiger charge is 2.28. The molecular formula is C18H26N6. The molecule has 0 bridgehead atoms. The summed E-state index contributed by atoms with van der Waals surface area (Å²) in [4.78, 5) is 18.2. The zero-order valence-electron chi connectivity index (χ0n) is 15.0. The molecule has 0 amide bonds. The summed E-state index contributed by atoms with van der Waals surface area (Å²) in [6, 6.07) is 6.61. The third kappa shape index (κ3) is 3.48. The third-order valence-electron chi connectivity index (χ3n) is 4.51. The fourth-order valence-electron chi connectivity index (χ4n) is 3.33. The minimum Gasteiger partial charge on any atom is -0.373 e. The summed E-state index contributed by atoms with van der Waals surface area (Å²) in [6.45, 7) is 3.94. The van der Waals surface area contributed by atoms with Gasteiger partial charge in [-0.15, -0.1) is 0 Å². The van der Waals surface area contributed by atoms with Crippen LogP contribution in [0.4, 0.5) is 11.6 Å². The number of nitrogens with zero attached hydrogens (tertiary/aromatic N) is 5. The van der Waals surface area contributed by atoms with Crippen LogP contribution in [0.1, 0.15) is 36.0 Å². The number of aryl methyl sites for hydroxylation is 1. The van der Waals surface area contributed by atoms with Gasteiger partial charge in [0, 0.05) is 45.5 Å². The Morgan fingerprint density at radius 3 is 2.92 bits per heavy atom. The number of anilines is 2. The van der Waals surface area contributed by atoms with Crippen molar-refractivity contribution in [3.63, 3.8) is 0 Å². The van der Waals surface area contributed by atoms with E-state index in [2.05, 4.69) is 32.3 Å². The highest BCUT2D eigenvalue weighted by Crippen LogP contribution is 2.33. The number of likely N-dealkylation sites (tertiary alicyclic amines) is 1. The minimum absolute atomic E-state index is 0.343. The monoisotopic (exact) mass is 326 g/mol. The Morgan fingerprint density at radius 1 is 1.33 bits per heavy atom. The maximum absolute atomic E-state index is 4.72. The molecule has 24 heavy (non-hydrogen) atoms. The van der Waals surface area contributed by atoms with Gasteiger partial charge in [0.15, 0.2) is 0 Å². The van der Waals surface area contributed by atoms with E-state index in [1.54, 1.807) is 0 Å². The molecule has 0 spiro atoms. The van der Waals surface area contributed by atoms with E-state index in [1.165, 1.54) is 12.0 Å². The molecule has 6 heteroatoms. The van der Waals surface area contributed by atoms with Crippen LogP contribution in [-0.4, -0.2) is 47.5 Å². The molecule has 1 atom stereocenters. The summed E-state index contributed by atoms with van der Waals surface area (Å²) in [7, 11) is 5.96. The van der Waals surface area contributed by atoms with E-state index >= 15 is 0 Å². The summed E-state index contributed by atoms with van der Waals surface area (Å²) >= 11 is 0. The second-order valence-electron chi connectivity index (χ2n) is 6.48. The molecule has 3 rings (SSSR count). The lowest BCUT2D eigenvalue weighted by atomic mass is 10.1. The zero-order valence-corrected chi connectivity index (χ0v) is 15.0. The molecule has 0 aliphatic carbocycles. The van der Waals surface area contributed by atoms with Crippen molar-refractivity contribution in [3.8, 4) is 0 Å². The van der Waals surface area contributed by atoms with Crippen LogP contribution in [0.3, 0.4) is 0 Å². The third-order valence-corrected chi connectivity index (χ3v) is 4.51. The van der Waals surface area contributed by atoms with Gasteiger partial charge in [0.25, 0.3) is 0 Å². The molecule has 0 radical (unpaired) electrons. The van der Waals surface area contributed by atoms with Crippen molar-refractivity contribution in [3.05, 3.63) is 41.5 Å². The maximum atomic E-state index is 4.72. The lowest BCUT2D eigenvalue weighted by Gasteiger charge is -2.25. The number of rotatable bonds is 5. The van der Waals surface area contributed by atoms with Crippen molar-refractivity contribution in [2.24, 2.45) is 0 Å². The molecule has 6 nitrogen and oxygen atoms in total. The minimum atomic E-state index is 0.343. The number of hydrogen-bond acceptors (Lipinski definition) is 6. The van der Waals surface area contributed by atoms with Crippen LogP contribution in [0.15, 0.2) is 24.4 Å². The first-order valence-electron chi connectivity index (χ1n) is 8.47. The topological polar surface area (TPSA) is 57.2 Å². The lowest BCUT2D eigenvalue weighted by Crippen LogP contribution is -2.25. The second kappa shape index (κ2) is 7.13. The molecule has 1 aliphatic rings. The van der Waals surface area contributed by atoms with Gasteiger partial charge in [0.1, 0.15) is 17.5 Å². The standard InChI is InChI=1S/C18H26N6/c1-13-21-15(11-17(22-13)23(3)4)16-8-6-10-24(16)12-14-7-5-9-20-18(14)19-2/h5,7,9,11,16H,6,8,10,12H2,1-4H3,(H,19,20). The van der Waals surface area contributed by atoms with E-state index in [9.17, 15) is 0 Å². The molecule has 1 unspecified atom stereocenters. The van der Waals surface area contributed by atoms with Gasteiger partial charge in [-0.25, -0.2) is 15.0 Å². The van der Waals surface area contributed by atoms with Crippen LogP contribution < -0.4 is 10.2 Å². The fraction of sp³-hybridized carbons (Fsp3) is 0.500. The van der Waals surface area contributed by atoms with Crippen molar-refractivity contribution in [1.29, 1.82) is 0 Å². The van der Waals surface area contributed by atoms with Gasteiger partial charge in [-0.3, -0.25) is 4.90 Å². The molecular weight excluding hydrogens is 300 g/mol. The quantitative estimate of drug-likeness (QED) is 0.911. The summed E-state index contributed by atoms with van der Waals surface area (Å²) in [5.41, 5.74) is 2.35. The van der Waals surface area contributed by atoms with Crippen molar-refractivity contribution in [2.45, 2.75) is 32.4 Å². The highest BCUT2D eigenvalue weighted by molar-refractivity contribution is 5.43. The number of aromatic nitrogens is 3. The number of pyridine rings is 1. The zero-order chi connectivity index (χ0) is 17.1. The first-order chi connectivity index (χ1) is 11.6. The van der Waals surface area contributed by atoms with Crippen LogP contribution in [0.5, 0.6) is 0 Å². The Balaban J connectivity index is 1.86.